The van der Waals surface area contributed by atoms with Crippen molar-refractivity contribution < 1.29 is 8.42 Å². The van der Waals surface area contributed by atoms with Crippen LogP contribution in [-0.2, 0) is 10.0 Å². The Hall–Kier alpha value is -0.910. The van der Waals surface area contributed by atoms with Gasteiger partial charge in [-0.05, 0) is 37.5 Å². The van der Waals surface area contributed by atoms with Crippen molar-refractivity contribution in [1.29, 1.82) is 0 Å². The number of rotatable bonds is 7. The molecule has 4 nitrogen and oxygen atoms in total. The molecule has 0 aliphatic carbocycles. The van der Waals surface area contributed by atoms with Crippen LogP contribution in [0.1, 0.15) is 32.3 Å². The standard InChI is InChI=1S/C14H24N2O2S/c1-4-13(5-2)16(10-9-15)19(17,18)14-8-6-7-12(3)11-14/h6-8,11,13H,4-5,9-10,15H2,1-3H3. The number of aryl methyl sites for hydroxylation is 1. The van der Waals surface area contributed by atoms with Crippen molar-refractivity contribution in [2.45, 2.75) is 44.6 Å². The number of hydrogen-bond donors (Lipinski definition) is 1. The summed E-state index contributed by atoms with van der Waals surface area (Å²) < 4.78 is 27.0. The van der Waals surface area contributed by atoms with Gasteiger partial charge in [0.05, 0.1) is 4.90 Å². The van der Waals surface area contributed by atoms with Gasteiger partial charge in [-0.15, -0.1) is 0 Å². The fraction of sp³-hybridized carbons (Fsp3) is 0.571. The van der Waals surface area contributed by atoms with Gasteiger partial charge in [0, 0.05) is 19.1 Å². The van der Waals surface area contributed by atoms with Crippen LogP contribution in [-0.4, -0.2) is 31.9 Å². The fourth-order valence-corrected chi connectivity index (χ4v) is 4.13. The largest absolute Gasteiger partial charge is 0.329 e. The molecule has 0 fully saturated rings. The van der Waals surface area contributed by atoms with E-state index in [4.69, 9.17) is 5.73 Å². The summed E-state index contributed by atoms with van der Waals surface area (Å²) >= 11 is 0. The zero-order valence-corrected chi connectivity index (χ0v) is 12.8. The first-order chi connectivity index (χ1) is 8.97. The molecule has 1 aromatic rings. The minimum absolute atomic E-state index is 0.00839. The van der Waals surface area contributed by atoms with Gasteiger partial charge >= 0.3 is 0 Å². The van der Waals surface area contributed by atoms with Crippen molar-refractivity contribution in [2.75, 3.05) is 13.1 Å². The minimum atomic E-state index is -3.46. The Balaban J connectivity index is 3.19. The summed E-state index contributed by atoms with van der Waals surface area (Å²) in [5.74, 6) is 0. The lowest BCUT2D eigenvalue weighted by molar-refractivity contribution is 0.309. The minimum Gasteiger partial charge on any atom is -0.329 e. The van der Waals surface area contributed by atoms with E-state index in [1.54, 1.807) is 22.5 Å². The lowest BCUT2D eigenvalue weighted by atomic mass is 10.2. The Morgan fingerprint density at radius 1 is 1.26 bits per heavy atom. The van der Waals surface area contributed by atoms with E-state index in [1.165, 1.54) is 0 Å². The van der Waals surface area contributed by atoms with Gasteiger partial charge in [0.15, 0.2) is 0 Å². The highest BCUT2D eigenvalue weighted by Crippen LogP contribution is 2.21. The Kier molecular flexibility index (Phi) is 5.97. The van der Waals surface area contributed by atoms with Gasteiger partial charge < -0.3 is 5.73 Å². The summed E-state index contributed by atoms with van der Waals surface area (Å²) in [4.78, 5) is 0.354. The Morgan fingerprint density at radius 3 is 2.37 bits per heavy atom. The number of hydrogen-bond acceptors (Lipinski definition) is 3. The highest BCUT2D eigenvalue weighted by Gasteiger charge is 2.28. The maximum atomic E-state index is 12.7. The van der Waals surface area contributed by atoms with Crippen LogP contribution in [0.4, 0.5) is 0 Å². The molecule has 108 valence electrons. The molecule has 0 aromatic heterocycles. The van der Waals surface area contributed by atoms with Gasteiger partial charge in [-0.3, -0.25) is 0 Å². The van der Waals surface area contributed by atoms with Crippen LogP contribution in [0.5, 0.6) is 0 Å². The van der Waals surface area contributed by atoms with E-state index in [0.717, 1.165) is 18.4 Å². The Labute approximate surface area is 116 Å². The van der Waals surface area contributed by atoms with Gasteiger partial charge in [0.2, 0.25) is 10.0 Å². The first-order valence-corrected chi connectivity index (χ1v) is 8.19. The third-order valence-corrected chi connectivity index (χ3v) is 5.24. The van der Waals surface area contributed by atoms with Gasteiger partial charge in [-0.2, -0.15) is 4.31 Å². The molecule has 0 aliphatic rings. The molecule has 0 saturated carbocycles. The molecule has 0 spiro atoms. The molecule has 0 radical (unpaired) electrons. The van der Waals surface area contributed by atoms with Crippen LogP contribution >= 0.6 is 0 Å². The quantitative estimate of drug-likeness (QED) is 0.834. The van der Waals surface area contributed by atoms with E-state index in [-0.39, 0.29) is 6.04 Å². The van der Waals surface area contributed by atoms with Crippen LogP contribution in [0.3, 0.4) is 0 Å². The maximum absolute atomic E-state index is 12.7. The summed E-state index contributed by atoms with van der Waals surface area (Å²) in [5.41, 5.74) is 6.52. The number of sulfonamides is 1. The molecule has 1 aromatic carbocycles. The molecular weight excluding hydrogens is 260 g/mol. The van der Waals surface area contributed by atoms with Crippen LogP contribution in [0.25, 0.3) is 0 Å². The highest BCUT2D eigenvalue weighted by atomic mass is 32.2. The van der Waals surface area contributed by atoms with E-state index in [9.17, 15) is 8.42 Å². The smallest absolute Gasteiger partial charge is 0.243 e. The van der Waals surface area contributed by atoms with Gasteiger partial charge in [0.1, 0.15) is 0 Å². The van der Waals surface area contributed by atoms with Crippen molar-refractivity contribution in [1.82, 2.24) is 4.31 Å². The van der Waals surface area contributed by atoms with Gasteiger partial charge in [0.25, 0.3) is 0 Å². The first kappa shape index (κ1) is 16.1. The van der Waals surface area contributed by atoms with Crippen molar-refractivity contribution in [2.24, 2.45) is 5.73 Å². The molecule has 0 aliphatic heterocycles. The molecule has 2 N–H and O–H groups in total. The molecule has 0 bridgehead atoms. The van der Waals surface area contributed by atoms with Gasteiger partial charge in [-0.1, -0.05) is 26.0 Å². The first-order valence-electron chi connectivity index (χ1n) is 6.75. The Bertz CT molecular complexity index is 496. The second kappa shape index (κ2) is 7.03. The summed E-state index contributed by atoms with van der Waals surface area (Å²) in [6, 6.07) is 7.03. The second-order valence-corrected chi connectivity index (χ2v) is 6.58. The van der Waals surface area contributed by atoms with Crippen molar-refractivity contribution in [3.63, 3.8) is 0 Å². The predicted octanol–water partition coefficient (Wildman–Crippen LogP) is 2.13. The van der Waals surface area contributed by atoms with Crippen LogP contribution in [0, 0.1) is 6.92 Å². The molecule has 0 atom stereocenters. The van der Waals surface area contributed by atoms with Crippen LogP contribution in [0.15, 0.2) is 29.2 Å². The average molecular weight is 284 g/mol. The molecule has 0 heterocycles. The van der Waals surface area contributed by atoms with E-state index in [2.05, 4.69) is 0 Å². The van der Waals surface area contributed by atoms with Crippen LogP contribution in [0.2, 0.25) is 0 Å². The Morgan fingerprint density at radius 2 is 1.89 bits per heavy atom. The third kappa shape index (κ3) is 3.78. The number of nitrogens with two attached hydrogens (primary N) is 1. The zero-order chi connectivity index (χ0) is 14.5. The SMILES string of the molecule is CCC(CC)N(CCN)S(=O)(=O)c1cccc(C)c1. The number of benzene rings is 1. The van der Waals surface area contributed by atoms with Crippen molar-refractivity contribution in [3.8, 4) is 0 Å². The molecule has 19 heavy (non-hydrogen) atoms. The lowest BCUT2D eigenvalue weighted by Gasteiger charge is -2.29. The molecule has 0 saturated heterocycles. The summed E-state index contributed by atoms with van der Waals surface area (Å²) in [6.45, 7) is 6.60. The van der Waals surface area contributed by atoms with Crippen molar-refractivity contribution in [3.05, 3.63) is 29.8 Å². The maximum Gasteiger partial charge on any atom is 0.243 e. The highest BCUT2D eigenvalue weighted by molar-refractivity contribution is 7.89. The lowest BCUT2D eigenvalue weighted by Crippen LogP contribution is -2.42. The normalized spacial score (nSPS) is 12.3. The summed E-state index contributed by atoms with van der Waals surface area (Å²) in [7, 11) is -3.46. The second-order valence-electron chi connectivity index (χ2n) is 4.69. The average Bonchev–Trinajstić information content (AvgIpc) is 2.39. The predicted molar refractivity (Wildman–Crippen MR) is 78.5 cm³/mol. The van der Waals surface area contributed by atoms with Gasteiger partial charge in [-0.25, -0.2) is 8.42 Å². The van der Waals surface area contributed by atoms with Crippen LogP contribution < -0.4 is 5.73 Å². The third-order valence-electron chi connectivity index (χ3n) is 3.30. The van der Waals surface area contributed by atoms with E-state index in [0.29, 0.717) is 18.0 Å². The summed E-state index contributed by atoms with van der Waals surface area (Å²) in [6.07, 6.45) is 1.59. The molecule has 1 rings (SSSR count). The number of nitrogens with zero attached hydrogens (tertiary/aromatic N) is 1. The van der Waals surface area contributed by atoms with Crippen molar-refractivity contribution >= 4 is 10.0 Å². The summed E-state index contributed by atoms with van der Waals surface area (Å²) in [5, 5.41) is 0. The molecule has 0 unspecified atom stereocenters. The van der Waals surface area contributed by atoms with E-state index >= 15 is 0 Å². The van der Waals surface area contributed by atoms with E-state index in [1.807, 2.05) is 26.8 Å². The van der Waals surface area contributed by atoms with E-state index < -0.39 is 10.0 Å². The zero-order valence-electron chi connectivity index (χ0n) is 12.0. The molecule has 0 amide bonds. The molecule has 5 heteroatoms. The monoisotopic (exact) mass is 284 g/mol. The topological polar surface area (TPSA) is 63.4 Å². The fourth-order valence-electron chi connectivity index (χ4n) is 2.23. The molecular formula is C14H24N2O2S.